The van der Waals surface area contributed by atoms with Crippen LogP contribution < -0.4 is 5.32 Å². The number of hydrogen-bond donors (Lipinski definition) is 1. The Balaban J connectivity index is 2.31. The first-order valence-corrected chi connectivity index (χ1v) is 5.86. The van der Waals surface area contributed by atoms with Crippen LogP contribution in [0.15, 0.2) is 18.2 Å². The first-order chi connectivity index (χ1) is 7.70. The molecular weight excluding hydrogens is 225 g/mol. The van der Waals surface area contributed by atoms with Crippen molar-refractivity contribution in [3.8, 4) is 10.6 Å². The van der Waals surface area contributed by atoms with Gasteiger partial charge in [-0.1, -0.05) is 23.5 Å². The molecule has 0 amide bonds. The second kappa shape index (κ2) is 4.57. The molecule has 5 heteroatoms. The average molecular weight is 237 g/mol. The highest BCUT2D eigenvalue weighted by Gasteiger charge is 2.07. The number of halogens is 1. The normalized spacial score (nSPS) is 10.4. The lowest BCUT2D eigenvalue weighted by Gasteiger charge is -1.98. The van der Waals surface area contributed by atoms with Crippen LogP contribution in [0.1, 0.15) is 12.5 Å². The molecule has 1 aromatic carbocycles. The topological polar surface area (TPSA) is 37.8 Å². The van der Waals surface area contributed by atoms with E-state index in [2.05, 4.69) is 15.5 Å². The van der Waals surface area contributed by atoms with E-state index in [0.29, 0.717) is 5.56 Å². The molecule has 16 heavy (non-hydrogen) atoms. The van der Waals surface area contributed by atoms with E-state index in [-0.39, 0.29) is 5.82 Å². The zero-order chi connectivity index (χ0) is 11.5. The molecule has 1 N–H and O–H groups in total. The fourth-order valence-corrected chi connectivity index (χ4v) is 2.10. The van der Waals surface area contributed by atoms with E-state index in [1.54, 1.807) is 13.0 Å². The van der Waals surface area contributed by atoms with Crippen LogP contribution in [0.2, 0.25) is 0 Å². The Morgan fingerprint density at radius 3 is 2.88 bits per heavy atom. The summed E-state index contributed by atoms with van der Waals surface area (Å²) in [6.07, 6.45) is 0. The fourth-order valence-electron chi connectivity index (χ4n) is 1.29. The number of hydrogen-bond acceptors (Lipinski definition) is 4. The molecule has 1 aromatic heterocycles. The summed E-state index contributed by atoms with van der Waals surface area (Å²) in [5.74, 6) is -0.210. The largest absolute Gasteiger partial charge is 0.360 e. The molecule has 0 aliphatic carbocycles. The summed E-state index contributed by atoms with van der Waals surface area (Å²) in [5.41, 5.74) is 1.41. The highest BCUT2D eigenvalue weighted by atomic mass is 32.1. The SMILES string of the molecule is CCNc1nnc(-c2ccc(C)c(F)c2)s1. The molecule has 0 radical (unpaired) electrons. The Bertz CT molecular complexity index is 496. The summed E-state index contributed by atoms with van der Waals surface area (Å²) in [5, 5.41) is 12.6. The lowest BCUT2D eigenvalue weighted by atomic mass is 10.1. The monoisotopic (exact) mass is 237 g/mol. The van der Waals surface area contributed by atoms with Crippen LogP contribution in [-0.2, 0) is 0 Å². The van der Waals surface area contributed by atoms with Crippen LogP contribution in [0.5, 0.6) is 0 Å². The average Bonchev–Trinajstić information content (AvgIpc) is 2.71. The molecule has 0 spiro atoms. The molecule has 1 heterocycles. The van der Waals surface area contributed by atoms with Crippen molar-refractivity contribution >= 4 is 16.5 Å². The third kappa shape index (κ3) is 2.19. The van der Waals surface area contributed by atoms with Gasteiger partial charge in [-0.25, -0.2) is 4.39 Å². The summed E-state index contributed by atoms with van der Waals surface area (Å²) in [6, 6.07) is 5.10. The van der Waals surface area contributed by atoms with Gasteiger partial charge in [-0.2, -0.15) is 0 Å². The second-order valence-electron chi connectivity index (χ2n) is 3.41. The number of nitrogens with zero attached hydrogens (tertiary/aromatic N) is 2. The fraction of sp³-hybridized carbons (Fsp3) is 0.273. The van der Waals surface area contributed by atoms with Crippen molar-refractivity contribution in [3.05, 3.63) is 29.6 Å². The Morgan fingerprint density at radius 2 is 2.19 bits per heavy atom. The predicted octanol–water partition coefficient (Wildman–Crippen LogP) is 3.08. The maximum Gasteiger partial charge on any atom is 0.205 e. The molecule has 0 bridgehead atoms. The highest BCUT2D eigenvalue weighted by molar-refractivity contribution is 7.18. The summed E-state index contributed by atoms with van der Waals surface area (Å²) in [7, 11) is 0. The first kappa shape index (κ1) is 11.0. The van der Waals surface area contributed by atoms with Crippen molar-refractivity contribution in [2.45, 2.75) is 13.8 Å². The van der Waals surface area contributed by atoms with Crippen molar-refractivity contribution in [2.75, 3.05) is 11.9 Å². The third-order valence-corrected chi connectivity index (χ3v) is 3.10. The van der Waals surface area contributed by atoms with Crippen molar-refractivity contribution < 1.29 is 4.39 Å². The van der Waals surface area contributed by atoms with Crippen LogP contribution in [0.4, 0.5) is 9.52 Å². The zero-order valence-electron chi connectivity index (χ0n) is 9.12. The highest BCUT2D eigenvalue weighted by Crippen LogP contribution is 2.27. The predicted molar refractivity (Wildman–Crippen MR) is 64.2 cm³/mol. The van der Waals surface area contributed by atoms with Gasteiger partial charge in [0, 0.05) is 12.1 Å². The Hall–Kier alpha value is -1.49. The van der Waals surface area contributed by atoms with Gasteiger partial charge in [0.05, 0.1) is 0 Å². The molecule has 2 aromatic rings. The minimum Gasteiger partial charge on any atom is -0.360 e. The van der Waals surface area contributed by atoms with Gasteiger partial charge >= 0.3 is 0 Å². The minimum absolute atomic E-state index is 0.210. The van der Waals surface area contributed by atoms with E-state index in [1.165, 1.54) is 17.4 Å². The molecule has 0 saturated heterocycles. The minimum atomic E-state index is -0.210. The van der Waals surface area contributed by atoms with E-state index >= 15 is 0 Å². The standard InChI is InChI=1S/C11H12FN3S/c1-3-13-11-15-14-10(16-11)8-5-4-7(2)9(12)6-8/h4-6H,3H2,1-2H3,(H,13,15). The molecule has 0 aliphatic heterocycles. The summed E-state index contributed by atoms with van der Waals surface area (Å²) in [4.78, 5) is 0. The molecule has 0 atom stereocenters. The molecule has 0 unspecified atom stereocenters. The van der Waals surface area contributed by atoms with Crippen molar-refractivity contribution in [1.29, 1.82) is 0 Å². The Kier molecular flexibility index (Phi) is 3.14. The summed E-state index contributed by atoms with van der Waals surface area (Å²) in [6.45, 7) is 4.53. The van der Waals surface area contributed by atoms with Gasteiger partial charge in [-0.05, 0) is 25.5 Å². The maximum absolute atomic E-state index is 13.4. The second-order valence-corrected chi connectivity index (χ2v) is 4.38. The summed E-state index contributed by atoms with van der Waals surface area (Å²) >= 11 is 1.43. The van der Waals surface area contributed by atoms with Gasteiger partial charge in [-0.3, -0.25) is 0 Å². The number of rotatable bonds is 3. The zero-order valence-corrected chi connectivity index (χ0v) is 9.94. The first-order valence-electron chi connectivity index (χ1n) is 5.04. The van der Waals surface area contributed by atoms with Gasteiger partial charge in [0.1, 0.15) is 10.8 Å². The smallest absolute Gasteiger partial charge is 0.205 e. The van der Waals surface area contributed by atoms with Gasteiger partial charge in [0.25, 0.3) is 0 Å². The van der Waals surface area contributed by atoms with Crippen LogP contribution >= 0.6 is 11.3 Å². The quantitative estimate of drug-likeness (QED) is 0.891. The molecule has 84 valence electrons. The van der Waals surface area contributed by atoms with Crippen molar-refractivity contribution in [2.24, 2.45) is 0 Å². The molecule has 2 rings (SSSR count). The van der Waals surface area contributed by atoms with Crippen LogP contribution in [0.25, 0.3) is 10.6 Å². The Labute approximate surface area is 97.3 Å². The molecular formula is C11H12FN3S. The number of benzene rings is 1. The van der Waals surface area contributed by atoms with E-state index in [0.717, 1.165) is 22.2 Å². The number of anilines is 1. The van der Waals surface area contributed by atoms with E-state index in [1.807, 2.05) is 13.0 Å². The number of aromatic nitrogens is 2. The van der Waals surface area contributed by atoms with Crippen LogP contribution in [0, 0.1) is 12.7 Å². The number of aryl methyl sites for hydroxylation is 1. The van der Waals surface area contributed by atoms with Gasteiger partial charge in [0.2, 0.25) is 5.13 Å². The molecule has 0 aliphatic rings. The van der Waals surface area contributed by atoms with Gasteiger partial charge in [0.15, 0.2) is 0 Å². The molecule has 3 nitrogen and oxygen atoms in total. The molecule has 0 fully saturated rings. The van der Waals surface area contributed by atoms with Gasteiger partial charge < -0.3 is 5.32 Å². The summed E-state index contributed by atoms with van der Waals surface area (Å²) < 4.78 is 13.4. The lowest BCUT2D eigenvalue weighted by molar-refractivity contribution is 0.619. The van der Waals surface area contributed by atoms with E-state index in [4.69, 9.17) is 0 Å². The van der Waals surface area contributed by atoms with Crippen molar-refractivity contribution in [3.63, 3.8) is 0 Å². The third-order valence-electron chi connectivity index (χ3n) is 2.17. The molecule has 0 saturated carbocycles. The van der Waals surface area contributed by atoms with Crippen LogP contribution in [-0.4, -0.2) is 16.7 Å². The van der Waals surface area contributed by atoms with Gasteiger partial charge in [-0.15, -0.1) is 10.2 Å². The number of nitrogens with one attached hydrogen (secondary N) is 1. The Morgan fingerprint density at radius 1 is 1.38 bits per heavy atom. The van der Waals surface area contributed by atoms with E-state index < -0.39 is 0 Å². The van der Waals surface area contributed by atoms with Crippen LogP contribution in [0.3, 0.4) is 0 Å². The van der Waals surface area contributed by atoms with E-state index in [9.17, 15) is 4.39 Å². The van der Waals surface area contributed by atoms with Crippen molar-refractivity contribution in [1.82, 2.24) is 10.2 Å². The lowest BCUT2D eigenvalue weighted by Crippen LogP contribution is -1.94. The maximum atomic E-state index is 13.4.